The van der Waals surface area contributed by atoms with Crippen LogP contribution in [0.3, 0.4) is 0 Å². The number of nitrogens with one attached hydrogen (secondary N) is 1. The summed E-state index contributed by atoms with van der Waals surface area (Å²) in [6.07, 6.45) is 4.71. The number of fused-ring (bicyclic) bond motifs is 1. The quantitative estimate of drug-likeness (QED) is 0.335. The molecule has 9 heteroatoms. The highest BCUT2D eigenvalue weighted by Gasteiger charge is 2.52. The van der Waals surface area contributed by atoms with E-state index in [4.69, 9.17) is 32.9 Å². The molecular formula is C27H28Cl2N6O. The molecule has 2 aliphatic rings. The molecule has 6 rings (SSSR count). The van der Waals surface area contributed by atoms with Crippen molar-refractivity contribution in [3.05, 3.63) is 64.5 Å². The van der Waals surface area contributed by atoms with Crippen molar-refractivity contribution in [2.75, 3.05) is 31.1 Å². The number of pyridine rings is 2. The summed E-state index contributed by atoms with van der Waals surface area (Å²) < 4.78 is 6.20. The molecular weight excluding hydrogens is 495 g/mol. The Morgan fingerprint density at radius 1 is 0.972 bits per heavy atom. The van der Waals surface area contributed by atoms with Gasteiger partial charge >= 0.3 is 0 Å². The van der Waals surface area contributed by atoms with Crippen LogP contribution in [-0.2, 0) is 0 Å². The average molecular weight is 523 g/mol. The Hall–Kier alpha value is -2.87. The monoisotopic (exact) mass is 522 g/mol. The van der Waals surface area contributed by atoms with Crippen molar-refractivity contribution in [3.63, 3.8) is 0 Å². The van der Waals surface area contributed by atoms with E-state index in [1.165, 1.54) is 13.1 Å². The fourth-order valence-electron chi connectivity index (χ4n) is 5.38. The van der Waals surface area contributed by atoms with Crippen LogP contribution in [0, 0.1) is 5.41 Å². The van der Waals surface area contributed by atoms with Crippen LogP contribution in [0.5, 0.6) is 5.75 Å². The van der Waals surface area contributed by atoms with Gasteiger partial charge in [-0.05, 0) is 51.1 Å². The maximum Gasteiger partial charge on any atom is 0.128 e. The van der Waals surface area contributed by atoms with Crippen molar-refractivity contribution in [1.82, 2.24) is 25.1 Å². The van der Waals surface area contributed by atoms with Crippen molar-refractivity contribution < 1.29 is 4.74 Å². The molecule has 1 spiro atoms. The number of likely N-dealkylation sites (tertiary alicyclic amines) is 1. The minimum absolute atomic E-state index is 0.343. The van der Waals surface area contributed by atoms with Crippen molar-refractivity contribution in [3.8, 4) is 17.0 Å². The number of rotatable bonds is 6. The van der Waals surface area contributed by atoms with E-state index in [-0.39, 0.29) is 6.10 Å². The molecule has 0 aliphatic carbocycles. The Bertz CT molecular complexity index is 1390. The molecule has 4 aromatic rings. The summed E-state index contributed by atoms with van der Waals surface area (Å²) in [6, 6.07) is 10.7. The molecule has 0 bridgehead atoms. The summed E-state index contributed by atoms with van der Waals surface area (Å²) >= 11 is 12.6. The molecule has 36 heavy (non-hydrogen) atoms. The van der Waals surface area contributed by atoms with Crippen LogP contribution >= 0.6 is 23.2 Å². The number of halogens is 2. The zero-order chi connectivity index (χ0) is 25.0. The van der Waals surface area contributed by atoms with Crippen molar-refractivity contribution in [1.29, 1.82) is 0 Å². The summed E-state index contributed by atoms with van der Waals surface area (Å²) in [4.78, 5) is 13.7. The van der Waals surface area contributed by atoms with Crippen molar-refractivity contribution in [2.45, 2.75) is 32.9 Å². The van der Waals surface area contributed by atoms with Gasteiger partial charge in [-0.25, -0.2) is 4.98 Å². The number of ether oxygens (including phenoxy) is 1. The molecule has 0 amide bonds. The molecule has 2 aliphatic heterocycles. The summed E-state index contributed by atoms with van der Waals surface area (Å²) in [5, 5.41) is 9.60. The van der Waals surface area contributed by atoms with E-state index < -0.39 is 0 Å². The van der Waals surface area contributed by atoms with E-state index in [0.29, 0.717) is 32.8 Å². The average Bonchev–Trinajstić information content (AvgIpc) is 3.20. The van der Waals surface area contributed by atoms with E-state index in [1.807, 2.05) is 31.3 Å². The Kier molecular flexibility index (Phi) is 5.82. The Morgan fingerprint density at radius 2 is 1.72 bits per heavy atom. The zero-order valence-electron chi connectivity index (χ0n) is 20.5. The highest BCUT2D eigenvalue weighted by Crippen LogP contribution is 2.42. The molecule has 1 unspecified atom stereocenters. The van der Waals surface area contributed by atoms with Crippen LogP contribution in [0.25, 0.3) is 22.2 Å². The van der Waals surface area contributed by atoms with E-state index in [2.05, 4.69) is 51.0 Å². The Morgan fingerprint density at radius 3 is 2.39 bits per heavy atom. The summed E-state index contributed by atoms with van der Waals surface area (Å²) in [5.74, 6) is 1.73. The molecule has 2 saturated heterocycles. The highest BCUT2D eigenvalue weighted by molar-refractivity contribution is 6.35. The fraction of sp³-hybridized carbons (Fsp3) is 0.370. The summed E-state index contributed by atoms with van der Waals surface area (Å²) in [6.45, 7) is 11.0. The van der Waals surface area contributed by atoms with Crippen LogP contribution in [0.2, 0.25) is 10.0 Å². The summed E-state index contributed by atoms with van der Waals surface area (Å²) in [5.41, 5.74) is 3.90. The number of hydrogen-bond donors (Lipinski definition) is 1. The number of H-pyrrole nitrogens is 1. The third kappa shape index (κ3) is 4.09. The molecule has 1 N–H and O–H groups in total. The van der Waals surface area contributed by atoms with Crippen molar-refractivity contribution >= 4 is 39.9 Å². The van der Waals surface area contributed by atoms with E-state index in [9.17, 15) is 0 Å². The lowest BCUT2D eigenvalue weighted by molar-refractivity contribution is -0.0414. The molecule has 0 saturated carbocycles. The lowest BCUT2D eigenvalue weighted by Crippen LogP contribution is -2.73. The normalized spacial score (nSPS) is 17.9. The first-order valence-corrected chi connectivity index (χ1v) is 13.0. The minimum Gasteiger partial charge on any atom is -0.486 e. The third-order valence-electron chi connectivity index (χ3n) is 7.35. The van der Waals surface area contributed by atoms with Gasteiger partial charge in [-0.2, -0.15) is 5.10 Å². The molecule has 1 atom stereocenters. The van der Waals surface area contributed by atoms with Gasteiger partial charge in [0.25, 0.3) is 0 Å². The van der Waals surface area contributed by atoms with Gasteiger partial charge in [0.2, 0.25) is 0 Å². The van der Waals surface area contributed by atoms with Gasteiger partial charge in [0.15, 0.2) is 0 Å². The summed E-state index contributed by atoms with van der Waals surface area (Å²) in [7, 11) is 0. The Labute approximate surface area is 220 Å². The number of benzene rings is 1. The van der Waals surface area contributed by atoms with Gasteiger partial charge in [-0.15, -0.1) is 0 Å². The van der Waals surface area contributed by atoms with Gasteiger partial charge in [0.05, 0.1) is 15.6 Å². The van der Waals surface area contributed by atoms with Crippen LogP contribution in [-0.4, -0.2) is 57.3 Å². The lowest BCUT2D eigenvalue weighted by atomic mass is 9.72. The van der Waals surface area contributed by atoms with Gasteiger partial charge in [0, 0.05) is 72.7 Å². The minimum atomic E-state index is -0.343. The van der Waals surface area contributed by atoms with E-state index in [1.54, 1.807) is 12.4 Å². The predicted octanol–water partition coefficient (Wildman–Crippen LogP) is 6.00. The topological polar surface area (TPSA) is 70.2 Å². The fourth-order valence-corrected chi connectivity index (χ4v) is 6.05. The molecule has 3 aromatic heterocycles. The number of nitrogens with zero attached hydrogens (tertiary/aromatic N) is 5. The number of aromatic nitrogens is 4. The Balaban J connectivity index is 1.18. The molecule has 7 nitrogen and oxygen atoms in total. The highest BCUT2D eigenvalue weighted by atomic mass is 35.5. The maximum atomic E-state index is 6.31. The molecule has 2 fully saturated rings. The van der Waals surface area contributed by atoms with Gasteiger partial charge < -0.3 is 9.64 Å². The van der Waals surface area contributed by atoms with Crippen LogP contribution in [0.15, 0.2) is 48.9 Å². The molecule has 0 radical (unpaired) electrons. The lowest BCUT2D eigenvalue weighted by Gasteiger charge is -2.61. The second kappa shape index (κ2) is 8.91. The van der Waals surface area contributed by atoms with Crippen LogP contribution in [0.1, 0.15) is 32.4 Å². The van der Waals surface area contributed by atoms with Crippen molar-refractivity contribution in [2.24, 2.45) is 5.41 Å². The van der Waals surface area contributed by atoms with E-state index >= 15 is 0 Å². The second-order valence-electron chi connectivity index (χ2n) is 10.3. The first kappa shape index (κ1) is 23.5. The third-order valence-corrected chi connectivity index (χ3v) is 7.95. The smallest absolute Gasteiger partial charge is 0.128 e. The SMILES string of the molecule is CC(Oc1ccc2[nH]nc(-c3ccc(N4CC5(C4)CN(C(C)C)C5)nc3)c2c1)c1c(Cl)cncc1Cl. The van der Waals surface area contributed by atoms with Gasteiger partial charge in [-0.3, -0.25) is 15.0 Å². The van der Waals surface area contributed by atoms with Crippen LogP contribution < -0.4 is 9.64 Å². The molecule has 186 valence electrons. The van der Waals surface area contributed by atoms with E-state index in [0.717, 1.165) is 41.1 Å². The number of aromatic amines is 1. The largest absolute Gasteiger partial charge is 0.486 e. The maximum absolute atomic E-state index is 6.31. The zero-order valence-corrected chi connectivity index (χ0v) is 22.0. The predicted molar refractivity (Wildman–Crippen MR) is 144 cm³/mol. The first-order valence-electron chi connectivity index (χ1n) is 12.2. The molecule has 1 aromatic carbocycles. The number of hydrogen-bond acceptors (Lipinski definition) is 6. The van der Waals surface area contributed by atoms with Gasteiger partial charge in [0.1, 0.15) is 23.4 Å². The first-order chi connectivity index (χ1) is 17.3. The van der Waals surface area contributed by atoms with Gasteiger partial charge in [-0.1, -0.05) is 23.2 Å². The molecule has 5 heterocycles. The number of anilines is 1. The standard InChI is InChI=1S/C27H28Cl2N6O/c1-16(2)34-12-27(13-34)14-35(15-27)24-7-4-18(9-31-24)26-20-8-19(5-6-23(20)32-33-26)36-17(3)25-21(28)10-30-11-22(25)29/h4-11,16-17H,12-15H2,1-3H3,(H,32,33). The van der Waals surface area contributed by atoms with Crippen LogP contribution in [0.4, 0.5) is 5.82 Å². The second-order valence-corrected chi connectivity index (χ2v) is 11.1.